The number of benzene rings is 1. The summed E-state index contributed by atoms with van der Waals surface area (Å²) in [6.45, 7) is 6.45. The maximum Gasteiger partial charge on any atom is 0.416 e. The molecule has 10 heteroatoms. The summed E-state index contributed by atoms with van der Waals surface area (Å²) in [7, 11) is 0. The molecule has 7 nitrogen and oxygen atoms in total. The van der Waals surface area contributed by atoms with Crippen LogP contribution in [0.5, 0.6) is 0 Å². The molecule has 1 N–H and O–H groups in total. The molecule has 0 saturated carbocycles. The number of alkyl halides is 3. The molecule has 0 radical (unpaired) electrons. The van der Waals surface area contributed by atoms with Gasteiger partial charge in [-0.05, 0) is 38.0 Å². The predicted octanol–water partition coefficient (Wildman–Crippen LogP) is 3.37. The van der Waals surface area contributed by atoms with Gasteiger partial charge in [0.05, 0.1) is 18.7 Å². The SMILES string of the molecule is CCNC(=NCCCc1nc(C)no1)N1CCOC(c2cccc(C(F)(F)F)c2)C1. The van der Waals surface area contributed by atoms with Crippen molar-refractivity contribution >= 4 is 5.96 Å². The van der Waals surface area contributed by atoms with Gasteiger partial charge in [0.15, 0.2) is 11.8 Å². The van der Waals surface area contributed by atoms with Crippen LogP contribution in [-0.2, 0) is 17.3 Å². The Morgan fingerprint density at radius 1 is 1.37 bits per heavy atom. The monoisotopic (exact) mass is 425 g/mol. The van der Waals surface area contributed by atoms with Gasteiger partial charge in [-0.15, -0.1) is 0 Å². The highest BCUT2D eigenvalue weighted by Gasteiger charge is 2.32. The Kier molecular flexibility index (Phi) is 7.30. The maximum atomic E-state index is 13.0. The summed E-state index contributed by atoms with van der Waals surface area (Å²) in [5.41, 5.74) is -0.158. The third-order valence-electron chi connectivity index (χ3n) is 4.67. The fourth-order valence-electron chi connectivity index (χ4n) is 3.24. The molecule has 1 unspecified atom stereocenters. The molecule has 164 valence electrons. The van der Waals surface area contributed by atoms with E-state index in [2.05, 4.69) is 20.4 Å². The van der Waals surface area contributed by atoms with Crippen molar-refractivity contribution in [2.45, 2.75) is 39.0 Å². The standard InChI is InChI=1S/C20H26F3N5O2/c1-3-24-19(25-9-5-8-18-26-14(2)27-30-18)28-10-11-29-17(13-28)15-6-4-7-16(12-15)20(21,22)23/h4,6-7,12,17H,3,5,8-11,13H2,1-2H3,(H,24,25). The molecular weight excluding hydrogens is 399 g/mol. The number of morpholine rings is 1. The van der Waals surface area contributed by atoms with E-state index in [1.54, 1.807) is 13.0 Å². The van der Waals surface area contributed by atoms with Crippen LogP contribution < -0.4 is 5.32 Å². The zero-order chi connectivity index (χ0) is 21.6. The second-order valence-electron chi connectivity index (χ2n) is 7.00. The molecule has 2 heterocycles. The number of nitrogens with zero attached hydrogens (tertiary/aromatic N) is 4. The Bertz CT molecular complexity index is 853. The number of hydrogen-bond acceptors (Lipinski definition) is 5. The van der Waals surface area contributed by atoms with E-state index in [9.17, 15) is 13.2 Å². The number of ether oxygens (including phenoxy) is 1. The maximum absolute atomic E-state index is 13.0. The summed E-state index contributed by atoms with van der Waals surface area (Å²) in [5, 5.41) is 7.02. The summed E-state index contributed by atoms with van der Waals surface area (Å²) in [5.74, 6) is 1.92. The third kappa shape index (κ3) is 5.94. The zero-order valence-corrected chi connectivity index (χ0v) is 17.1. The molecular formula is C20H26F3N5O2. The number of aromatic nitrogens is 2. The van der Waals surface area contributed by atoms with E-state index in [0.717, 1.165) is 24.5 Å². The Morgan fingerprint density at radius 2 is 2.20 bits per heavy atom. The summed E-state index contributed by atoms with van der Waals surface area (Å²) in [4.78, 5) is 10.8. The fourth-order valence-corrected chi connectivity index (χ4v) is 3.24. The highest BCUT2D eigenvalue weighted by Crippen LogP contribution is 2.32. The molecule has 1 aliphatic rings. The molecule has 0 amide bonds. The molecule has 0 bridgehead atoms. The first-order valence-corrected chi connectivity index (χ1v) is 9.98. The van der Waals surface area contributed by atoms with Crippen LogP contribution in [-0.4, -0.2) is 53.8 Å². The summed E-state index contributed by atoms with van der Waals surface area (Å²) in [6, 6.07) is 5.31. The highest BCUT2D eigenvalue weighted by molar-refractivity contribution is 5.80. The molecule has 0 spiro atoms. The van der Waals surface area contributed by atoms with Crippen LogP contribution >= 0.6 is 0 Å². The Balaban J connectivity index is 1.63. The van der Waals surface area contributed by atoms with E-state index in [4.69, 9.17) is 9.26 Å². The molecule has 2 aromatic rings. The first kappa shape index (κ1) is 22.1. The van der Waals surface area contributed by atoms with Crippen molar-refractivity contribution in [1.29, 1.82) is 0 Å². The molecule has 30 heavy (non-hydrogen) atoms. The van der Waals surface area contributed by atoms with Crippen LogP contribution in [0.1, 0.15) is 42.3 Å². The largest absolute Gasteiger partial charge is 0.416 e. The predicted molar refractivity (Wildman–Crippen MR) is 105 cm³/mol. The van der Waals surface area contributed by atoms with Gasteiger partial charge in [0.2, 0.25) is 5.89 Å². The van der Waals surface area contributed by atoms with Gasteiger partial charge in [-0.3, -0.25) is 4.99 Å². The number of halogens is 3. The molecule has 1 saturated heterocycles. The van der Waals surface area contributed by atoms with E-state index in [0.29, 0.717) is 56.5 Å². The molecule has 1 aromatic heterocycles. The number of rotatable bonds is 6. The number of guanidine groups is 1. The molecule has 1 aliphatic heterocycles. The minimum absolute atomic E-state index is 0.409. The molecule has 0 aliphatic carbocycles. The second-order valence-corrected chi connectivity index (χ2v) is 7.00. The molecule has 1 fully saturated rings. The van der Waals surface area contributed by atoms with Gasteiger partial charge in [-0.25, -0.2) is 0 Å². The van der Waals surface area contributed by atoms with Gasteiger partial charge in [-0.1, -0.05) is 17.3 Å². The number of aryl methyl sites for hydroxylation is 2. The van der Waals surface area contributed by atoms with Gasteiger partial charge < -0.3 is 19.5 Å². The first-order valence-electron chi connectivity index (χ1n) is 9.98. The summed E-state index contributed by atoms with van der Waals surface area (Å²) >= 11 is 0. The van der Waals surface area contributed by atoms with E-state index < -0.39 is 17.8 Å². The normalized spacial score (nSPS) is 18.0. The van der Waals surface area contributed by atoms with Crippen molar-refractivity contribution < 1.29 is 22.4 Å². The van der Waals surface area contributed by atoms with Gasteiger partial charge in [0.1, 0.15) is 6.10 Å². The van der Waals surface area contributed by atoms with Crippen LogP contribution in [0.25, 0.3) is 0 Å². The van der Waals surface area contributed by atoms with Crippen molar-refractivity contribution in [3.63, 3.8) is 0 Å². The lowest BCUT2D eigenvalue weighted by Gasteiger charge is -2.35. The third-order valence-corrected chi connectivity index (χ3v) is 4.67. The van der Waals surface area contributed by atoms with Crippen molar-refractivity contribution in [2.24, 2.45) is 4.99 Å². The van der Waals surface area contributed by atoms with E-state index in [1.165, 1.54) is 6.07 Å². The van der Waals surface area contributed by atoms with Crippen molar-refractivity contribution in [2.75, 3.05) is 32.8 Å². The first-order chi connectivity index (χ1) is 14.4. The Hall–Kier alpha value is -2.62. The van der Waals surface area contributed by atoms with Crippen LogP contribution in [0.4, 0.5) is 13.2 Å². The van der Waals surface area contributed by atoms with Crippen LogP contribution in [0.15, 0.2) is 33.8 Å². The van der Waals surface area contributed by atoms with Crippen LogP contribution in [0.3, 0.4) is 0 Å². The molecule has 1 atom stereocenters. The van der Waals surface area contributed by atoms with E-state index in [1.807, 2.05) is 11.8 Å². The van der Waals surface area contributed by atoms with Gasteiger partial charge in [0.25, 0.3) is 0 Å². The van der Waals surface area contributed by atoms with Crippen LogP contribution in [0.2, 0.25) is 0 Å². The summed E-state index contributed by atoms with van der Waals surface area (Å²) < 4.78 is 50.0. The minimum Gasteiger partial charge on any atom is -0.370 e. The van der Waals surface area contributed by atoms with Crippen molar-refractivity contribution in [1.82, 2.24) is 20.4 Å². The number of hydrogen-bond donors (Lipinski definition) is 1. The van der Waals surface area contributed by atoms with Crippen LogP contribution in [0, 0.1) is 6.92 Å². The van der Waals surface area contributed by atoms with Gasteiger partial charge in [0, 0.05) is 26.1 Å². The highest BCUT2D eigenvalue weighted by atomic mass is 19.4. The lowest BCUT2D eigenvalue weighted by atomic mass is 10.0. The topological polar surface area (TPSA) is 75.8 Å². The summed E-state index contributed by atoms with van der Waals surface area (Å²) in [6.07, 6.45) is -3.44. The Morgan fingerprint density at radius 3 is 2.90 bits per heavy atom. The average molecular weight is 425 g/mol. The van der Waals surface area contributed by atoms with Gasteiger partial charge in [-0.2, -0.15) is 18.2 Å². The minimum atomic E-state index is -4.38. The van der Waals surface area contributed by atoms with E-state index in [-0.39, 0.29) is 0 Å². The lowest BCUT2D eigenvalue weighted by molar-refractivity contribution is -0.137. The zero-order valence-electron chi connectivity index (χ0n) is 17.1. The number of nitrogens with one attached hydrogen (secondary N) is 1. The quantitative estimate of drug-likeness (QED) is 0.435. The molecule has 3 rings (SSSR count). The fraction of sp³-hybridized carbons (Fsp3) is 0.550. The molecule has 1 aromatic carbocycles. The van der Waals surface area contributed by atoms with E-state index >= 15 is 0 Å². The van der Waals surface area contributed by atoms with Crippen molar-refractivity contribution in [3.05, 3.63) is 47.1 Å². The van der Waals surface area contributed by atoms with Crippen molar-refractivity contribution in [3.8, 4) is 0 Å². The van der Waals surface area contributed by atoms with Gasteiger partial charge >= 0.3 is 6.18 Å². The second kappa shape index (κ2) is 9.92. The average Bonchev–Trinajstić information content (AvgIpc) is 3.15. The lowest BCUT2D eigenvalue weighted by Crippen LogP contribution is -2.48. The Labute approximate surface area is 173 Å². The smallest absolute Gasteiger partial charge is 0.370 e. The number of aliphatic imine (C=N–C) groups is 1.